The van der Waals surface area contributed by atoms with Crippen LogP contribution in [0, 0.1) is 5.92 Å². The van der Waals surface area contributed by atoms with Gasteiger partial charge in [-0.2, -0.15) is 0 Å². The van der Waals surface area contributed by atoms with Gasteiger partial charge in [0.25, 0.3) is 0 Å². The lowest BCUT2D eigenvalue weighted by Gasteiger charge is -2.12. The van der Waals surface area contributed by atoms with Crippen LogP contribution in [0.5, 0.6) is 0 Å². The van der Waals surface area contributed by atoms with Gasteiger partial charge >= 0.3 is 0 Å². The second-order valence-corrected chi connectivity index (χ2v) is 8.00. The van der Waals surface area contributed by atoms with Gasteiger partial charge in [0.1, 0.15) is 5.82 Å². The van der Waals surface area contributed by atoms with Gasteiger partial charge in [-0.05, 0) is 42.5 Å². The van der Waals surface area contributed by atoms with Crippen molar-refractivity contribution in [3.63, 3.8) is 0 Å². The number of aromatic nitrogens is 2. The molecule has 5 heteroatoms. The standard InChI is InChI=1S/C25H27N3O2/c1-3-16(2)25(30)28-22-15-18(12-13-26-22)24-19(14-17-8-5-4-6-9-17)23-20(27-24)10-7-11-21(23)29/h4-6,8-9,12-13,15-16,27H,3,7,10-11,14H2,1-2H3,(H,26,28,30)/t16-/m1/s1. The molecular formula is C25H27N3O2. The number of H-pyrrole nitrogens is 1. The molecule has 0 aliphatic heterocycles. The number of rotatable bonds is 6. The van der Waals surface area contributed by atoms with Crippen LogP contribution in [0.25, 0.3) is 11.3 Å². The number of benzene rings is 1. The van der Waals surface area contributed by atoms with Crippen LogP contribution in [0.3, 0.4) is 0 Å². The molecular weight excluding hydrogens is 374 g/mol. The number of Topliss-reactive ketones (excluding diaryl/α,β-unsaturated/α-hetero) is 1. The molecule has 0 saturated heterocycles. The van der Waals surface area contributed by atoms with Crippen LogP contribution >= 0.6 is 0 Å². The largest absolute Gasteiger partial charge is 0.358 e. The van der Waals surface area contributed by atoms with Crippen LogP contribution in [0.1, 0.15) is 60.3 Å². The van der Waals surface area contributed by atoms with Gasteiger partial charge in [0, 0.05) is 41.8 Å². The van der Waals surface area contributed by atoms with Crippen molar-refractivity contribution >= 4 is 17.5 Å². The summed E-state index contributed by atoms with van der Waals surface area (Å²) in [5.74, 6) is 0.638. The average Bonchev–Trinajstić information content (AvgIpc) is 3.13. The highest BCUT2D eigenvalue weighted by atomic mass is 16.2. The highest BCUT2D eigenvalue weighted by molar-refractivity contribution is 6.01. The molecule has 30 heavy (non-hydrogen) atoms. The van der Waals surface area contributed by atoms with Gasteiger partial charge < -0.3 is 10.3 Å². The van der Waals surface area contributed by atoms with Gasteiger partial charge in [0.2, 0.25) is 5.91 Å². The molecule has 0 bridgehead atoms. The number of hydrogen-bond acceptors (Lipinski definition) is 3. The first-order valence-corrected chi connectivity index (χ1v) is 10.6. The summed E-state index contributed by atoms with van der Waals surface area (Å²) < 4.78 is 0. The number of hydrogen-bond donors (Lipinski definition) is 2. The van der Waals surface area contributed by atoms with Gasteiger partial charge in [0.15, 0.2) is 5.78 Å². The van der Waals surface area contributed by atoms with E-state index in [9.17, 15) is 9.59 Å². The Morgan fingerprint density at radius 2 is 2.00 bits per heavy atom. The second-order valence-electron chi connectivity index (χ2n) is 8.00. The lowest BCUT2D eigenvalue weighted by atomic mass is 9.90. The molecule has 1 atom stereocenters. The third-order valence-electron chi connectivity index (χ3n) is 5.87. The Labute approximate surface area is 176 Å². The number of pyridine rings is 1. The fourth-order valence-corrected chi connectivity index (χ4v) is 3.98. The number of carbonyl (C=O) groups is 2. The third-order valence-corrected chi connectivity index (χ3v) is 5.87. The quantitative estimate of drug-likeness (QED) is 0.598. The Hall–Kier alpha value is -3.21. The Balaban J connectivity index is 1.74. The Morgan fingerprint density at radius 3 is 2.77 bits per heavy atom. The number of amides is 1. The summed E-state index contributed by atoms with van der Waals surface area (Å²) in [6, 6.07) is 14.0. The first kappa shape index (κ1) is 20.1. The van der Waals surface area contributed by atoms with Crippen molar-refractivity contribution in [3.05, 3.63) is 71.0 Å². The zero-order valence-corrected chi connectivity index (χ0v) is 17.5. The monoisotopic (exact) mass is 401 g/mol. The van der Waals surface area contributed by atoms with E-state index in [2.05, 4.69) is 27.4 Å². The van der Waals surface area contributed by atoms with Gasteiger partial charge in [0.05, 0.1) is 5.69 Å². The molecule has 0 radical (unpaired) electrons. The van der Waals surface area contributed by atoms with E-state index in [1.54, 1.807) is 6.20 Å². The van der Waals surface area contributed by atoms with Crippen molar-refractivity contribution in [3.8, 4) is 11.3 Å². The molecule has 1 aliphatic carbocycles. The first-order chi connectivity index (χ1) is 14.6. The summed E-state index contributed by atoms with van der Waals surface area (Å²) in [6.07, 6.45) is 5.52. The van der Waals surface area contributed by atoms with Crippen molar-refractivity contribution in [1.82, 2.24) is 9.97 Å². The topological polar surface area (TPSA) is 74.8 Å². The summed E-state index contributed by atoms with van der Waals surface area (Å²) in [4.78, 5) is 32.9. The average molecular weight is 402 g/mol. The Bertz CT molecular complexity index is 1070. The molecule has 2 aromatic heterocycles. The summed E-state index contributed by atoms with van der Waals surface area (Å²) >= 11 is 0. The van der Waals surface area contributed by atoms with E-state index in [0.717, 1.165) is 47.3 Å². The van der Waals surface area contributed by atoms with Crippen LogP contribution < -0.4 is 5.32 Å². The number of nitrogens with zero attached hydrogens (tertiary/aromatic N) is 1. The zero-order chi connectivity index (χ0) is 21.1. The Morgan fingerprint density at radius 1 is 1.20 bits per heavy atom. The number of nitrogens with one attached hydrogen (secondary N) is 2. The maximum atomic E-state index is 12.8. The highest BCUT2D eigenvalue weighted by Crippen LogP contribution is 2.35. The molecule has 5 nitrogen and oxygen atoms in total. The maximum absolute atomic E-state index is 12.8. The van der Waals surface area contributed by atoms with Crippen molar-refractivity contribution < 1.29 is 9.59 Å². The molecule has 4 rings (SSSR count). The fourth-order valence-electron chi connectivity index (χ4n) is 3.98. The molecule has 1 aromatic carbocycles. The van der Waals surface area contributed by atoms with Crippen LogP contribution in [0.15, 0.2) is 48.7 Å². The van der Waals surface area contributed by atoms with Crippen molar-refractivity contribution in [2.24, 2.45) is 5.92 Å². The number of fused-ring (bicyclic) bond motifs is 1. The third kappa shape index (κ3) is 4.06. The fraction of sp³-hybridized carbons (Fsp3) is 0.320. The predicted octanol–water partition coefficient (Wildman–Crippen LogP) is 5.17. The molecule has 2 N–H and O–H groups in total. The summed E-state index contributed by atoms with van der Waals surface area (Å²) in [7, 11) is 0. The number of ketones is 1. The van der Waals surface area contributed by atoms with E-state index < -0.39 is 0 Å². The molecule has 0 unspecified atom stereocenters. The molecule has 2 heterocycles. The SMILES string of the molecule is CC[C@@H](C)C(=O)Nc1cc(-c2[nH]c3c(c2Cc2ccccc2)C(=O)CCC3)ccn1. The zero-order valence-electron chi connectivity index (χ0n) is 17.5. The lowest BCUT2D eigenvalue weighted by Crippen LogP contribution is -2.20. The highest BCUT2D eigenvalue weighted by Gasteiger charge is 2.26. The number of aromatic amines is 1. The molecule has 3 aromatic rings. The molecule has 154 valence electrons. The Kier molecular flexibility index (Phi) is 5.79. The minimum atomic E-state index is -0.0699. The van der Waals surface area contributed by atoms with Crippen molar-refractivity contribution in [2.45, 2.75) is 46.0 Å². The van der Waals surface area contributed by atoms with Gasteiger partial charge in [-0.1, -0.05) is 44.2 Å². The predicted molar refractivity (Wildman–Crippen MR) is 119 cm³/mol. The van der Waals surface area contributed by atoms with Crippen molar-refractivity contribution in [2.75, 3.05) is 5.32 Å². The van der Waals surface area contributed by atoms with Crippen LogP contribution in [0.2, 0.25) is 0 Å². The van der Waals surface area contributed by atoms with E-state index >= 15 is 0 Å². The maximum Gasteiger partial charge on any atom is 0.228 e. The van der Waals surface area contributed by atoms with E-state index in [4.69, 9.17) is 0 Å². The first-order valence-electron chi connectivity index (χ1n) is 10.6. The molecule has 0 saturated carbocycles. The molecule has 0 spiro atoms. The van der Waals surface area contributed by atoms with Crippen LogP contribution in [-0.2, 0) is 17.6 Å². The normalized spacial score (nSPS) is 14.3. The van der Waals surface area contributed by atoms with Crippen LogP contribution in [0.4, 0.5) is 5.82 Å². The van der Waals surface area contributed by atoms with Gasteiger partial charge in [-0.15, -0.1) is 0 Å². The number of aryl methyl sites for hydroxylation is 1. The smallest absolute Gasteiger partial charge is 0.228 e. The van der Waals surface area contributed by atoms with E-state index in [1.807, 2.05) is 44.2 Å². The van der Waals surface area contributed by atoms with Crippen LogP contribution in [-0.4, -0.2) is 21.7 Å². The van der Waals surface area contributed by atoms with E-state index in [1.165, 1.54) is 5.56 Å². The van der Waals surface area contributed by atoms with Crippen molar-refractivity contribution in [1.29, 1.82) is 0 Å². The van der Waals surface area contributed by atoms with Gasteiger partial charge in [-0.3, -0.25) is 9.59 Å². The second kappa shape index (κ2) is 8.66. The molecule has 1 amide bonds. The number of anilines is 1. The summed E-state index contributed by atoms with van der Waals surface area (Å²) in [5, 5.41) is 2.91. The minimum absolute atomic E-state index is 0.0346. The van der Waals surface area contributed by atoms with E-state index in [0.29, 0.717) is 18.7 Å². The van der Waals surface area contributed by atoms with E-state index in [-0.39, 0.29) is 17.6 Å². The molecule has 1 aliphatic rings. The molecule has 0 fully saturated rings. The lowest BCUT2D eigenvalue weighted by molar-refractivity contribution is -0.119. The summed E-state index contributed by atoms with van der Waals surface area (Å²) in [5.41, 5.74) is 5.94. The minimum Gasteiger partial charge on any atom is -0.358 e. The van der Waals surface area contributed by atoms with Gasteiger partial charge in [-0.25, -0.2) is 4.98 Å². The summed E-state index contributed by atoms with van der Waals surface area (Å²) in [6.45, 7) is 3.90. The number of carbonyl (C=O) groups excluding carboxylic acids is 2.